The van der Waals surface area contributed by atoms with Gasteiger partial charge < -0.3 is 24.4 Å². The molecule has 1 fully saturated rings. The molecule has 36 heavy (non-hydrogen) atoms. The van der Waals surface area contributed by atoms with Gasteiger partial charge in [-0.1, -0.05) is 12.1 Å². The Bertz CT molecular complexity index is 1280. The average molecular weight is 496 g/mol. The van der Waals surface area contributed by atoms with Gasteiger partial charge in [0.25, 0.3) is 0 Å². The first-order valence-corrected chi connectivity index (χ1v) is 12.1. The molecule has 2 aliphatic carbocycles. The lowest BCUT2D eigenvalue weighted by molar-refractivity contribution is -0.143. The molecular weight excluding hydrogens is 466 g/mol. The Morgan fingerprint density at radius 3 is 2.58 bits per heavy atom. The average Bonchev–Trinajstić information content (AvgIpc) is 3.11. The van der Waals surface area contributed by atoms with Crippen molar-refractivity contribution in [3.05, 3.63) is 51.6 Å². The Balaban J connectivity index is 1.72. The molecule has 3 aliphatic rings. The van der Waals surface area contributed by atoms with Crippen LogP contribution in [0, 0.1) is 5.92 Å². The maximum absolute atomic E-state index is 13.7. The third-order valence-corrected chi connectivity index (χ3v) is 7.46. The fourth-order valence-electron chi connectivity index (χ4n) is 5.70. The number of phenols is 2. The zero-order chi connectivity index (χ0) is 25.8. The second kappa shape index (κ2) is 8.99. The van der Waals surface area contributed by atoms with Gasteiger partial charge in [0, 0.05) is 35.6 Å². The van der Waals surface area contributed by atoms with Crippen LogP contribution in [0.4, 0.5) is 0 Å². The van der Waals surface area contributed by atoms with E-state index in [-0.39, 0.29) is 57.8 Å². The molecule has 1 heterocycles. The first-order chi connectivity index (χ1) is 17.2. The predicted molar refractivity (Wildman–Crippen MR) is 128 cm³/mol. The first-order valence-electron chi connectivity index (χ1n) is 12.1. The molecule has 2 unspecified atom stereocenters. The van der Waals surface area contributed by atoms with Crippen molar-refractivity contribution in [3.63, 3.8) is 0 Å². The Hall–Kier alpha value is -3.27. The van der Waals surface area contributed by atoms with Gasteiger partial charge >= 0.3 is 0 Å². The highest BCUT2D eigenvalue weighted by atomic mass is 16.6. The lowest BCUT2D eigenvalue weighted by Gasteiger charge is -2.42. The normalized spacial score (nSPS) is 25.4. The van der Waals surface area contributed by atoms with Gasteiger partial charge in [-0.05, 0) is 38.7 Å². The van der Waals surface area contributed by atoms with E-state index >= 15 is 0 Å². The molecule has 4 N–H and O–H groups in total. The Morgan fingerprint density at radius 1 is 1.11 bits per heavy atom. The van der Waals surface area contributed by atoms with Crippen molar-refractivity contribution < 1.29 is 38.8 Å². The van der Waals surface area contributed by atoms with Gasteiger partial charge in [0.05, 0.1) is 36.5 Å². The number of methoxy groups -OCH3 is 1. The quantitative estimate of drug-likeness (QED) is 0.367. The Morgan fingerprint density at radius 2 is 1.86 bits per heavy atom. The monoisotopic (exact) mass is 495 g/mol. The fraction of sp³-hybridized carbons (Fsp3) is 0.444. The number of hydrogen-bond acceptors (Lipinski definition) is 9. The van der Waals surface area contributed by atoms with Crippen LogP contribution in [0.3, 0.4) is 0 Å². The number of carbonyl (C=O) groups excluding carboxylic acids is 3. The van der Waals surface area contributed by atoms with Gasteiger partial charge in [-0.15, -0.1) is 0 Å². The van der Waals surface area contributed by atoms with Crippen LogP contribution >= 0.6 is 0 Å². The molecule has 1 saturated heterocycles. The first kappa shape index (κ1) is 24.4. The Labute approximate surface area is 208 Å². The van der Waals surface area contributed by atoms with Crippen LogP contribution in [-0.4, -0.2) is 54.0 Å². The van der Waals surface area contributed by atoms with Crippen molar-refractivity contribution >= 4 is 17.3 Å². The summed E-state index contributed by atoms with van der Waals surface area (Å²) in [5.74, 6) is -2.88. The number of fused-ring (bicyclic) bond motifs is 3. The second-order valence-electron chi connectivity index (χ2n) is 9.76. The minimum atomic E-state index is -1.69. The maximum atomic E-state index is 13.7. The summed E-state index contributed by atoms with van der Waals surface area (Å²) in [5, 5.41) is 22.9. The van der Waals surface area contributed by atoms with E-state index in [0.29, 0.717) is 19.6 Å². The molecule has 3 atom stereocenters. The van der Waals surface area contributed by atoms with Crippen molar-refractivity contribution in [2.24, 2.45) is 11.7 Å². The van der Waals surface area contributed by atoms with E-state index < -0.39 is 40.8 Å². The molecule has 0 bridgehead atoms. The van der Waals surface area contributed by atoms with Gasteiger partial charge in [0.1, 0.15) is 28.8 Å². The molecule has 0 spiro atoms. The molecule has 9 nitrogen and oxygen atoms in total. The van der Waals surface area contributed by atoms with Crippen molar-refractivity contribution in [2.75, 3.05) is 20.3 Å². The van der Waals surface area contributed by atoms with E-state index in [9.17, 15) is 24.6 Å². The van der Waals surface area contributed by atoms with Gasteiger partial charge in [-0.3, -0.25) is 20.1 Å². The van der Waals surface area contributed by atoms with Crippen molar-refractivity contribution in [1.82, 2.24) is 0 Å². The summed E-state index contributed by atoms with van der Waals surface area (Å²) in [7, 11) is 1.38. The molecule has 0 amide bonds. The minimum Gasteiger partial charge on any atom is -0.507 e. The number of benzene rings is 2. The molecule has 9 heteroatoms. The largest absolute Gasteiger partial charge is 0.507 e. The zero-order valence-electron chi connectivity index (χ0n) is 20.3. The van der Waals surface area contributed by atoms with Crippen LogP contribution < -0.4 is 10.5 Å². The lowest BCUT2D eigenvalue weighted by Crippen LogP contribution is -2.49. The second-order valence-corrected chi connectivity index (χ2v) is 9.76. The smallest absolute Gasteiger partial charge is 0.202 e. The van der Waals surface area contributed by atoms with Gasteiger partial charge in [0.15, 0.2) is 5.78 Å². The number of ketones is 3. The third kappa shape index (κ3) is 3.70. The number of nitrogens with two attached hydrogens (primary N) is 1. The van der Waals surface area contributed by atoms with Crippen LogP contribution in [0.25, 0.3) is 0 Å². The van der Waals surface area contributed by atoms with Crippen molar-refractivity contribution in [3.8, 4) is 17.2 Å². The molecule has 2 aromatic rings. The zero-order valence-corrected chi connectivity index (χ0v) is 20.3. The van der Waals surface area contributed by atoms with Gasteiger partial charge in [-0.25, -0.2) is 0 Å². The lowest BCUT2D eigenvalue weighted by atomic mass is 9.71. The summed E-state index contributed by atoms with van der Waals surface area (Å²) in [6, 6.07) is 4.59. The number of hydrogen-bond donors (Lipinski definition) is 3. The van der Waals surface area contributed by atoms with E-state index in [2.05, 4.69) is 0 Å². The highest BCUT2D eigenvalue weighted by molar-refractivity contribution is 6.31. The van der Waals surface area contributed by atoms with Gasteiger partial charge in [-0.2, -0.15) is 0 Å². The summed E-state index contributed by atoms with van der Waals surface area (Å²) in [4.78, 5) is 39.6. The van der Waals surface area contributed by atoms with E-state index in [4.69, 9.17) is 19.9 Å². The van der Waals surface area contributed by atoms with Crippen molar-refractivity contribution in [2.45, 2.75) is 50.9 Å². The van der Waals surface area contributed by atoms with E-state index in [1.54, 1.807) is 12.1 Å². The number of rotatable bonds is 4. The maximum Gasteiger partial charge on any atom is 0.202 e. The molecule has 0 radical (unpaired) electrons. The number of phenolic OH excluding ortho intramolecular Hbond substituents is 2. The van der Waals surface area contributed by atoms with Gasteiger partial charge in [0.2, 0.25) is 5.78 Å². The molecule has 5 rings (SSSR count). The number of aromatic hydroxyl groups is 2. The molecule has 190 valence electrons. The summed E-state index contributed by atoms with van der Waals surface area (Å²) >= 11 is 0. The third-order valence-electron chi connectivity index (χ3n) is 7.46. The highest BCUT2D eigenvalue weighted by Gasteiger charge is 2.49. The van der Waals surface area contributed by atoms with E-state index in [0.717, 1.165) is 12.8 Å². The minimum absolute atomic E-state index is 0.00489. The van der Waals surface area contributed by atoms with Crippen LogP contribution in [0.1, 0.15) is 75.6 Å². The molecule has 2 aromatic carbocycles. The fourth-order valence-corrected chi connectivity index (χ4v) is 5.70. The number of ether oxygens (including phenoxy) is 3. The molecule has 0 aromatic heterocycles. The summed E-state index contributed by atoms with van der Waals surface area (Å²) in [6.45, 7) is 2.32. The van der Waals surface area contributed by atoms with Crippen LogP contribution in [-0.2, 0) is 26.4 Å². The van der Waals surface area contributed by atoms with E-state index in [1.807, 2.05) is 0 Å². The predicted octanol–water partition coefficient (Wildman–Crippen LogP) is 2.73. The molecule has 0 saturated carbocycles. The highest BCUT2D eigenvalue weighted by Crippen LogP contribution is 2.52. The summed E-state index contributed by atoms with van der Waals surface area (Å²) in [5.41, 5.74) is 4.69. The van der Waals surface area contributed by atoms with Crippen molar-refractivity contribution in [1.29, 1.82) is 0 Å². The molecular formula is C27H29NO8. The summed E-state index contributed by atoms with van der Waals surface area (Å²) < 4.78 is 17.2. The standard InChI is InChI=1S/C27H29NO8/c1-13(29)14-10-17-22(27(28,11-14)36-15-6-3-4-9-35-12-15)26(33)21-20(24(17)31)23(30)16-7-5-8-18(34-2)19(16)25(21)32/h5,7-8,14-15,31,33H,3-4,6,9-12,28H2,1-2H3/t14?,15-,27?/m0/s1. The molecule has 1 aliphatic heterocycles. The topological polar surface area (TPSA) is 145 Å². The van der Waals surface area contributed by atoms with Crippen LogP contribution in [0.5, 0.6) is 17.2 Å². The number of carbonyl (C=O) groups is 3. The van der Waals surface area contributed by atoms with E-state index in [1.165, 1.54) is 20.1 Å². The summed E-state index contributed by atoms with van der Waals surface area (Å²) in [6.07, 6.45) is 2.08. The van der Waals surface area contributed by atoms with Crippen LogP contribution in [0.2, 0.25) is 0 Å². The number of Topliss-reactive ketones (excluding diaryl/α,β-unsaturated/α-hetero) is 1. The Kier molecular flexibility index (Phi) is 6.10. The van der Waals surface area contributed by atoms with Crippen LogP contribution in [0.15, 0.2) is 18.2 Å². The SMILES string of the molecule is COc1cccc2c1C(=O)c1c(O)c3c(c(O)c1C2=O)CC(C(C)=O)CC3(N)O[C@H]1CCCCOC1.